The summed E-state index contributed by atoms with van der Waals surface area (Å²) in [5, 5.41) is 4.19. The Morgan fingerprint density at radius 2 is 1.59 bits per heavy atom. The van der Waals surface area contributed by atoms with E-state index in [0.717, 1.165) is 45.4 Å². The van der Waals surface area contributed by atoms with Gasteiger partial charge in [0.1, 0.15) is 0 Å². The van der Waals surface area contributed by atoms with Crippen LogP contribution in [0.3, 0.4) is 0 Å². The maximum absolute atomic E-state index is 12.5. The zero-order valence-electron chi connectivity index (χ0n) is 13.0. The summed E-state index contributed by atoms with van der Waals surface area (Å²) in [6, 6.07) is 1.93. The molecule has 0 aromatic carbocycles. The number of aromatic nitrogens is 2. The smallest absolute Gasteiger partial charge is 0.282 e. The van der Waals surface area contributed by atoms with E-state index >= 15 is 0 Å². The highest BCUT2D eigenvalue weighted by atomic mass is 32.2. The fourth-order valence-electron chi connectivity index (χ4n) is 3.16. The Balaban J connectivity index is 1.42. The van der Waals surface area contributed by atoms with Gasteiger partial charge in [-0.05, 0) is 25.3 Å². The first-order valence-electron chi connectivity index (χ1n) is 8.11. The average Bonchev–Trinajstić information content (AvgIpc) is 3.21. The molecule has 0 aliphatic carbocycles. The van der Waals surface area contributed by atoms with Gasteiger partial charge in [0.15, 0.2) is 0 Å². The molecule has 7 nitrogen and oxygen atoms in total. The van der Waals surface area contributed by atoms with Crippen molar-refractivity contribution in [1.29, 1.82) is 0 Å². The Morgan fingerprint density at radius 1 is 0.909 bits per heavy atom. The summed E-state index contributed by atoms with van der Waals surface area (Å²) in [7, 11) is -3.22. The van der Waals surface area contributed by atoms with E-state index in [0.29, 0.717) is 26.2 Å². The van der Waals surface area contributed by atoms with E-state index in [9.17, 15) is 8.42 Å². The van der Waals surface area contributed by atoms with E-state index in [1.54, 1.807) is 14.8 Å². The second-order valence-electron chi connectivity index (χ2n) is 5.98. The number of rotatable bonds is 6. The second kappa shape index (κ2) is 7.08. The molecule has 0 spiro atoms. The van der Waals surface area contributed by atoms with Crippen LogP contribution in [0.1, 0.15) is 19.3 Å². The van der Waals surface area contributed by atoms with Crippen molar-refractivity contribution < 1.29 is 8.42 Å². The highest BCUT2D eigenvalue weighted by molar-refractivity contribution is 7.86. The maximum Gasteiger partial charge on any atom is 0.282 e. The second-order valence-corrected chi connectivity index (χ2v) is 7.91. The molecular weight excluding hydrogens is 302 g/mol. The van der Waals surface area contributed by atoms with Crippen molar-refractivity contribution in [2.75, 3.05) is 45.8 Å². The summed E-state index contributed by atoms with van der Waals surface area (Å²) in [6.07, 6.45) is 6.79. The van der Waals surface area contributed by atoms with Crippen molar-refractivity contribution in [2.24, 2.45) is 0 Å². The van der Waals surface area contributed by atoms with Gasteiger partial charge in [0.25, 0.3) is 10.2 Å². The molecule has 0 atom stereocenters. The minimum atomic E-state index is -3.22. The summed E-state index contributed by atoms with van der Waals surface area (Å²) < 4.78 is 30.2. The van der Waals surface area contributed by atoms with Crippen LogP contribution in [-0.4, -0.2) is 77.5 Å². The zero-order chi connectivity index (χ0) is 15.4. The third-order valence-corrected chi connectivity index (χ3v) is 6.51. The molecule has 1 aromatic heterocycles. The van der Waals surface area contributed by atoms with E-state index in [2.05, 4.69) is 10.00 Å². The standard InChI is InChI=1S/C14H25N5O2S/c20-22(21,18-9-1-2-10-18)19-13-11-16(12-14-19)6-4-8-17-7-3-5-15-17/h3,5,7H,1-2,4,6,8-14H2. The van der Waals surface area contributed by atoms with Crippen molar-refractivity contribution in [3.05, 3.63) is 18.5 Å². The molecule has 1 aromatic rings. The number of hydrogen-bond acceptors (Lipinski definition) is 4. The lowest BCUT2D eigenvalue weighted by Crippen LogP contribution is -2.52. The highest BCUT2D eigenvalue weighted by Crippen LogP contribution is 2.18. The Labute approximate surface area is 132 Å². The minimum Gasteiger partial charge on any atom is -0.301 e. The van der Waals surface area contributed by atoms with Gasteiger partial charge in [-0.1, -0.05) is 0 Å². The average molecular weight is 327 g/mol. The third-order valence-electron chi connectivity index (χ3n) is 4.47. The molecule has 0 unspecified atom stereocenters. The van der Waals surface area contributed by atoms with Crippen LogP contribution in [0.25, 0.3) is 0 Å². The Hall–Kier alpha value is -0.960. The van der Waals surface area contributed by atoms with Gasteiger partial charge < -0.3 is 4.90 Å². The number of piperazine rings is 1. The van der Waals surface area contributed by atoms with Crippen LogP contribution in [0.5, 0.6) is 0 Å². The van der Waals surface area contributed by atoms with Gasteiger partial charge in [0.2, 0.25) is 0 Å². The summed E-state index contributed by atoms with van der Waals surface area (Å²) in [4.78, 5) is 2.35. The molecule has 0 N–H and O–H groups in total. The molecule has 22 heavy (non-hydrogen) atoms. The van der Waals surface area contributed by atoms with Crippen LogP contribution in [-0.2, 0) is 16.8 Å². The lowest BCUT2D eigenvalue weighted by atomic mass is 10.3. The van der Waals surface area contributed by atoms with E-state index in [1.165, 1.54) is 0 Å². The van der Waals surface area contributed by atoms with Crippen molar-refractivity contribution in [3.63, 3.8) is 0 Å². The van der Waals surface area contributed by atoms with Gasteiger partial charge in [0.05, 0.1) is 0 Å². The summed E-state index contributed by atoms with van der Waals surface area (Å²) in [5.74, 6) is 0. The zero-order valence-corrected chi connectivity index (χ0v) is 13.8. The minimum absolute atomic E-state index is 0.612. The Bertz CT molecular complexity index is 546. The van der Waals surface area contributed by atoms with Gasteiger partial charge in [-0.3, -0.25) is 4.68 Å². The summed E-state index contributed by atoms with van der Waals surface area (Å²) >= 11 is 0. The topological polar surface area (TPSA) is 61.7 Å². The Morgan fingerprint density at radius 3 is 2.23 bits per heavy atom. The van der Waals surface area contributed by atoms with E-state index in [-0.39, 0.29) is 0 Å². The van der Waals surface area contributed by atoms with Crippen LogP contribution in [0, 0.1) is 0 Å². The van der Waals surface area contributed by atoms with Gasteiger partial charge in [-0.2, -0.15) is 22.1 Å². The van der Waals surface area contributed by atoms with E-state index in [1.807, 2.05) is 16.9 Å². The fourth-order valence-corrected chi connectivity index (χ4v) is 4.83. The number of hydrogen-bond donors (Lipinski definition) is 0. The van der Waals surface area contributed by atoms with Gasteiger partial charge >= 0.3 is 0 Å². The molecule has 124 valence electrons. The van der Waals surface area contributed by atoms with Crippen molar-refractivity contribution >= 4 is 10.2 Å². The van der Waals surface area contributed by atoms with E-state index in [4.69, 9.17) is 0 Å². The van der Waals surface area contributed by atoms with Gasteiger partial charge in [0, 0.05) is 64.8 Å². The van der Waals surface area contributed by atoms with Crippen LogP contribution >= 0.6 is 0 Å². The molecule has 0 amide bonds. The lowest BCUT2D eigenvalue weighted by Gasteiger charge is -2.35. The fraction of sp³-hybridized carbons (Fsp3) is 0.786. The van der Waals surface area contributed by atoms with Gasteiger partial charge in [-0.25, -0.2) is 0 Å². The molecular formula is C14H25N5O2S. The molecule has 2 saturated heterocycles. The predicted molar refractivity (Wildman–Crippen MR) is 84.6 cm³/mol. The largest absolute Gasteiger partial charge is 0.301 e. The van der Waals surface area contributed by atoms with Crippen LogP contribution in [0.2, 0.25) is 0 Å². The van der Waals surface area contributed by atoms with E-state index < -0.39 is 10.2 Å². The predicted octanol–water partition coefficient (Wildman–Crippen LogP) is 0.231. The summed E-state index contributed by atoms with van der Waals surface area (Å²) in [6.45, 7) is 6.16. The van der Waals surface area contributed by atoms with Crippen molar-refractivity contribution in [2.45, 2.75) is 25.8 Å². The van der Waals surface area contributed by atoms with Crippen LogP contribution in [0.4, 0.5) is 0 Å². The Kier molecular flexibility index (Phi) is 5.12. The SMILES string of the molecule is O=S(=O)(N1CCCC1)N1CCN(CCCn2cccn2)CC1. The van der Waals surface area contributed by atoms with Gasteiger partial charge in [-0.15, -0.1) is 0 Å². The van der Waals surface area contributed by atoms with Crippen LogP contribution < -0.4 is 0 Å². The molecule has 3 rings (SSSR count). The maximum atomic E-state index is 12.5. The highest BCUT2D eigenvalue weighted by Gasteiger charge is 2.33. The molecule has 0 saturated carbocycles. The quantitative estimate of drug-likeness (QED) is 0.750. The molecule has 0 radical (unpaired) electrons. The monoisotopic (exact) mass is 327 g/mol. The molecule has 0 bridgehead atoms. The summed E-state index contributed by atoms with van der Waals surface area (Å²) in [5.41, 5.74) is 0. The van der Waals surface area contributed by atoms with Crippen LogP contribution in [0.15, 0.2) is 18.5 Å². The normalized spacial score (nSPS) is 22.4. The first-order chi connectivity index (χ1) is 10.7. The molecule has 8 heteroatoms. The lowest BCUT2D eigenvalue weighted by molar-refractivity contribution is 0.178. The van der Waals surface area contributed by atoms with Crippen molar-refractivity contribution in [1.82, 2.24) is 23.3 Å². The van der Waals surface area contributed by atoms with Crippen molar-refractivity contribution in [3.8, 4) is 0 Å². The number of nitrogens with zero attached hydrogens (tertiary/aromatic N) is 5. The molecule has 2 aliphatic heterocycles. The third kappa shape index (κ3) is 3.68. The first kappa shape index (κ1) is 15.9. The first-order valence-corrected chi connectivity index (χ1v) is 9.51. The molecule has 2 fully saturated rings. The molecule has 3 heterocycles. The number of aryl methyl sites for hydroxylation is 1. The molecule has 2 aliphatic rings.